The van der Waals surface area contributed by atoms with Gasteiger partial charge in [-0.3, -0.25) is 0 Å². The molecule has 1 aromatic carbocycles. The summed E-state index contributed by atoms with van der Waals surface area (Å²) in [7, 11) is 0. The second-order valence-corrected chi connectivity index (χ2v) is 5.95. The van der Waals surface area contributed by atoms with E-state index in [-0.39, 0.29) is 6.61 Å². The molecule has 2 atom stereocenters. The Morgan fingerprint density at radius 3 is 2.61 bits per heavy atom. The van der Waals surface area contributed by atoms with Gasteiger partial charge in [-0.25, -0.2) is 0 Å². The van der Waals surface area contributed by atoms with Crippen LogP contribution >= 0.6 is 11.8 Å². The van der Waals surface area contributed by atoms with Crippen molar-refractivity contribution in [2.75, 3.05) is 18.6 Å². The minimum absolute atomic E-state index is 0.287. The van der Waals surface area contributed by atoms with Gasteiger partial charge in [0.15, 0.2) is 0 Å². The summed E-state index contributed by atoms with van der Waals surface area (Å²) in [5.41, 5.74) is 1.36. The van der Waals surface area contributed by atoms with E-state index in [1.54, 1.807) is 0 Å². The van der Waals surface area contributed by atoms with Crippen molar-refractivity contribution in [2.45, 2.75) is 31.3 Å². The van der Waals surface area contributed by atoms with Crippen LogP contribution in [0.5, 0.6) is 0 Å². The molecule has 0 bridgehead atoms. The quantitative estimate of drug-likeness (QED) is 0.758. The van der Waals surface area contributed by atoms with Crippen LogP contribution in [-0.2, 0) is 0 Å². The number of benzene rings is 1. The molecule has 2 nitrogen and oxygen atoms in total. The largest absolute Gasteiger partial charge is 0.396 e. The molecule has 0 aromatic heterocycles. The topological polar surface area (TPSA) is 32.3 Å². The zero-order valence-electron chi connectivity index (χ0n) is 11.0. The van der Waals surface area contributed by atoms with Gasteiger partial charge in [0.2, 0.25) is 0 Å². The predicted octanol–water partition coefficient (Wildman–Crippen LogP) is 2.84. The monoisotopic (exact) mass is 265 g/mol. The Morgan fingerprint density at radius 2 is 2.06 bits per heavy atom. The highest BCUT2D eigenvalue weighted by Gasteiger charge is 2.32. The Hall–Kier alpha value is -0.510. The summed E-state index contributed by atoms with van der Waals surface area (Å²) in [5, 5.41) is 12.9. The third kappa shape index (κ3) is 4.01. The Kier molecular flexibility index (Phi) is 5.54. The van der Waals surface area contributed by atoms with Gasteiger partial charge < -0.3 is 10.4 Å². The van der Waals surface area contributed by atoms with Crippen LogP contribution in [-0.4, -0.2) is 29.8 Å². The van der Waals surface area contributed by atoms with Crippen LogP contribution in [0.25, 0.3) is 0 Å². The van der Waals surface area contributed by atoms with Gasteiger partial charge >= 0.3 is 0 Å². The van der Waals surface area contributed by atoms with Gasteiger partial charge in [0.1, 0.15) is 0 Å². The molecule has 1 aliphatic carbocycles. The number of aliphatic hydroxyl groups is 1. The molecule has 2 unspecified atom stereocenters. The molecule has 0 aliphatic heterocycles. The first kappa shape index (κ1) is 13.9. The van der Waals surface area contributed by atoms with Crippen molar-refractivity contribution in [2.24, 2.45) is 5.92 Å². The van der Waals surface area contributed by atoms with Crippen molar-refractivity contribution in [3.63, 3.8) is 0 Å². The van der Waals surface area contributed by atoms with Crippen LogP contribution in [0.1, 0.15) is 30.9 Å². The number of hydrogen-bond donors (Lipinski definition) is 2. The molecule has 0 radical (unpaired) electrons. The zero-order valence-corrected chi connectivity index (χ0v) is 11.8. The lowest BCUT2D eigenvalue weighted by molar-refractivity contribution is 0.250. The van der Waals surface area contributed by atoms with Gasteiger partial charge in [-0.05, 0) is 37.0 Å². The number of nitrogens with one attached hydrogen (secondary N) is 1. The first-order valence-corrected chi connectivity index (χ1v) is 8.15. The summed E-state index contributed by atoms with van der Waals surface area (Å²) >= 11 is 1.87. The van der Waals surface area contributed by atoms with E-state index < -0.39 is 0 Å². The fourth-order valence-electron chi connectivity index (χ4n) is 2.44. The average Bonchev–Trinajstić information content (AvgIpc) is 3.23. The smallest absolute Gasteiger partial charge is 0.0445 e. The Balaban J connectivity index is 2.00. The maximum atomic E-state index is 9.18. The Bertz CT molecular complexity index is 340. The van der Waals surface area contributed by atoms with Crippen molar-refractivity contribution in [1.82, 2.24) is 5.32 Å². The van der Waals surface area contributed by atoms with Crippen LogP contribution < -0.4 is 5.32 Å². The molecule has 18 heavy (non-hydrogen) atoms. The summed E-state index contributed by atoms with van der Waals surface area (Å²) in [5.74, 6) is 1.86. The zero-order chi connectivity index (χ0) is 12.8. The molecule has 0 saturated heterocycles. The molecular formula is C15H23NOS. The third-order valence-electron chi connectivity index (χ3n) is 3.58. The van der Waals surface area contributed by atoms with Crippen LogP contribution in [0.15, 0.2) is 30.3 Å². The highest BCUT2D eigenvalue weighted by molar-refractivity contribution is 7.98. The number of thioether (sulfide) groups is 1. The van der Waals surface area contributed by atoms with Gasteiger partial charge in [-0.1, -0.05) is 30.3 Å². The van der Waals surface area contributed by atoms with Crippen molar-refractivity contribution < 1.29 is 5.11 Å². The van der Waals surface area contributed by atoms with Crippen molar-refractivity contribution in [3.05, 3.63) is 35.9 Å². The average molecular weight is 265 g/mol. The molecule has 1 aromatic rings. The summed E-state index contributed by atoms with van der Waals surface area (Å²) in [6.07, 6.45) is 5.66. The number of aliphatic hydroxyl groups excluding tert-OH is 1. The Morgan fingerprint density at radius 1 is 1.33 bits per heavy atom. The van der Waals surface area contributed by atoms with E-state index in [0.717, 1.165) is 18.1 Å². The van der Waals surface area contributed by atoms with Crippen LogP contribution in [0.3, 0.4) is 0 Å². The van der Waals surface area contributed by atoms with Crippen molar-refractivity contribution in [1.29, 1.82) is 0 Å². The highest BCUT2D eigenvalue weighted by Crippen LogP contribution is 2.35. The lowest BCUT2D eigenvalue weighted by Gasteiger charge is -2.25. The summed E-state index contributed by atoms with van der Waals surface area (Å²) < 4.78 is 0. The maximum absolute atomic E-state index is 9.18. The second kappa shape index (κ2) is 7.17. The minimum Gasteiger partial charge on any atom is -0.396 e. The predicted molar refractivity (Wildman–Crippen MR) is 78.9 cm³/mol. The first-order valence-electron chi connectivity index (χ1n) is 6.76. The van der Waals surface area contributed by atoms with E-state index >= 15 is 0 Å². The molecule has 3 heteroatoms. The van der Waals surface area contributed by atoms with E-state index in [1.165, 1.54) is 18.4 Å². The van der Waals surface area contributed by atoms with Gasteiger partial charge in [0, 0.05) is 24.4 Å². The van der Waals surface area contributed by atoms with Gasteiger partial charge in [0.05, 0.1) is 0 Å². The fraction of sp³-hybridized carbons (Fsp3) is 0.600. The van der Waals surface area contributed by atoms with Crippen molar-refractivity contribution in [3.8, 4) is 0 Å². The minimum atomic E-state index is 0.287. The standard InChI is InChI=1S/C15H23NOS/c1-18-11-15(12-5-3-2-4-6-12)16-14(9-10-17)13-7-8-13/h2-6,13-17H,7-11H2,1H3. The summed E-state index contributed by atoms with van der Waals surface area (Å²) in [6.45, 7) is 0.287. The summed E-state index contributed by atoms with van der Waals surface area (Å²) in [6, 6.07) is 11.5. The summed E-state index contributed by atoms with van der Waals surface area (Å²) in [4.78, 5) is 0. The molecule has 1 fully saturated rings. The second-order valence-electron chi connectivity index (χ2n) is 5.04. The molecule has 2 rings (SSSR count). The molecule has 0 amide bonds. The van der Waals surface area contributed by atoms with Crippen LogP contribution in [0.2, 0.25) is 0 Å². The van der Waals surface area contributed by atoms with E-state index in [4.69, 9.17) is 0 Å². The molecular weight excluding hydrogens is 242 g/mol. The molecule has 100 valence electrons. The lowest BCUT2D eigenvalue weighted by Crippen LogP contribution is -2.36. The van der Waals surface area contributed by atoms with Gasteiger partial charge in [-0.2, -0.15) is 11.8 Å². The number of hydrogen-bond acceptors (Lipinski definition) is 3. The van der Waals surface area contributed by atoms with Crippen LogP contribution in [0.4, 0.5) is 0 Å². The van der Waals surface area contributed by atoms with Gasteiger partial charge in [0.25, 0.3) is 0 Å². The van der Waals surface area contributed by atoms with E-state index in [9.17, 15) is 5.11 Å². The molecule has 1 aliphatic rings. The lowest BCUT2D eigenvalue weighted by atomic mass is 10.0. The molecule has 0 heterocycles. The normalized spacial score (nSPS) is 18.6. The van der Waals surface area contributed by atoms with Crippen LogP contribution in [0, 0.1) is 5.92 Å². The highest BCUT2D eigenvalue weighted by atomic mass is 32.2. The van der Waals surface area contributed by atoms with E-state index in [1.807, 2.05) is 11.8 Å². The molecule has 0 spiro atoms. The SMILES string of the molecule is CSCC(NC(CCO)C1CC1)c1ccccc1. The van der Waals surface area contributed by atoms with E-state index in [0.29, 0.717) is 12.1 Å². The maximum Gasteiger partial charge on any atom is 0.0445 e. The van der Waals surface area contributed by atoms with E-state index in [2.05, 4.69) is 41.9 Å². The van der Waals surface area contributed by atoms with Gasteiger partial charge in [-0.15, -0.1) is 0 Å². The Labute approximate surface area is 114 Å². The molecule has 1 saturated carbocycles. The number of rotatable bonds is 8. The first-order chi connectivity index (χ1) is 8.85. The molecule has 2 N–H and O–H groups in total. The fourth-order valence-corrected chi connectivity index (χ4v) is 3.07. The van der Waals surface area contributed by atoms with Crippen molar-refractivity contribution >= 4 is 11.8 Å². The third-order valence-corrected chi connectivity index (χ3v) is 4.25.